The summed E-state index contributed by atoms with van der Waals surface area (Å²) in [6.07, 6.45) is 0. The zero-order chi connectivity index (χ0) is 8.55. The minimum absolute atomic E-state index is 0. The topological polar surface area (TPSA) is 0 Å². The van der Waals surface area contributed by atoms with E-state index in [0.29, 0.717) is 0 Å². The quantitative estimate of drug-likeness (QED) is 0.547. The zero-order valence-corrected chi connectivity index (χ0v) is 7.46. The third kappa shape index (κ3) is 1.96. The molecule has 0 aliphatic heterocycles. The Hall–Kier alpha value is -0.300. The summed E-state index contributed by atoms with van der Waals surface area (Å²) >= 11 is 0. The van der Waals surface area contributed by atoms with Crippen LogP contribution >= 0.6 is 0 Å². The summed E-state index contributed by atoms with van der Waals surface area (Å²) in [6, 6.07) is 12.9. The molecule has 0 bridgehead atoms. The fourth-order valence-electron chi connectivity index (χ4n) is 1.54. The molecule has 0 N–H and O–H groups in total. The van der Waals surface area contributed by atoms with Crippen molar-refractivity contribution in [3.8, 4) is 0 Å². The van der Waals surface area contributed by atoms with Crippen LogP contribution in [-0.2, 0) is 0 Å². The van der Waals surface area contributed by atoms with Gasteiger partial charge in [-0.15, -0.1) is 0 Å². The number of benzene rings is 2. The first kappa shape index (κ1) is 10.8. The molecule has 0 radical (unpaired) electrons. The fraction of sp³-hybridized carbons (Fsp3) is 0.167. The Morgan fingerprint density at radius 2 is 1.54 bits per heavy atom. The van der Waals surface area contributed by atoms with Crippen LogP contribution in [0.4, 0.5) is 0 Å². The average molecular weight is 180 g/mol. The average Bonchev–Trinajstić information content (AvgIpc) is 2.12. The van der Waals surface area contributed by atoms with Gasteiger partial charge in [-0.2, -0.15) is 0 Å². The fourth-order valence-corrected chi connectivity index (χ4v) is 1.54. The number of rotatable bonds is 0. The van der Waals surface area contributed by atoms with E-state index in [9.17, 15) is 0 Å². The molecule has 0 nitrogen and oxygen atoms in total. The van der Waals surface area contributed by atoms with Crippen LogP contribution in [0.15, 0.2) is 36.4 Å². The van der Waals surface area contributed by atoms with Gasteiger partial charge in [0.25, 0.3) is 0 Å². The van der Waals surface area contributed by atoms with Gasteiger partial charge in [-0.25, -0.2) is 0 Å². The van der Waals surface area contributed by atoms with Gasteiger partial charge in [0.05, 0.1) is 0 Å². The molecule has 0 unspecified atom stereocenters. The first-order valence-corrected chi connectivity index (χ1v) is 4.24. The summed E-state index contributed by atoms with van der Waals surface area (Å²) in [5, 5.41) is 2.71. The zero-order valence-electron chi connectivity index (χ0n) is 7.46. The van der Waals surface area contributed by atoms with Crippen LogP contribution in [0.1, 0.15) is 11.1 Å². The van der Waals surface area contributed by atoms with Gasteiger partial charge in [-0.05, 0) is 35.7 Å². The number of hydrogen-bond acceptors (Lipinski definition) is 0. The van der Waals surface area contributed by atoms with E-state index in [1.54, 1.807) is 0 Å². The molecule has 0 aliphatic rings. The number of aryl methyl sites for hydroxylation is 2. The normalized spacial score (nSPS) is 9.69. The third-order valence-corrected chi connectivity index (χ3v) is 2.47. The maximum atomic E-state index is 2.18. The molecule has 1 heteroatoms. The van der Waals surface area contributed by atoms with Crippen LogP contribution in [0.5, 0.6) is 0 Å². The summed E-state index contributed by atoms with van der Waals surface area (Å²) in [6.45, 7) is 4.33. The second-order valence-electron chi connectivity index (χ2n) is 3.23. The molecule has 2 rings (SSSR count). The van der Waals surface area contributed by atoms with E-state index < -0.39 is 0 Å². The Kier molecular flexibility index (Phi) is 3.55. The van der Waals surface area contributed by atoms with Crippen molar-refractivity contribution in [1.29, 1.82) is 0 Å². The summed E-state index contributed by atoms with van der Waals surface area (Å²) in [7, 11) is 0. The van der Waals surface area contributed by atoms with Crippen molar-refractivity contribution in [2.45, 2.75) is 13.8 Å². The van der Waals surface area contributed by atoms with Crippen molar-refractivity contribution >= 4 is 40.3 Å². The van der Waals surface area contributed by atoms with Crippen molar-refractivity contribution in [3.63, 3.8) is 0 Å². The van der Waals surface area contributed by atoms with Crippen LogP contribution in [0.25, 0.3) is 10.8 Å². The molecule has 0 fully saturated rings. The van der Waals surface area contributed by atoms with Crippen molar-refractivity contribution in [1.82, 2.24) is 0 Å². The first-order chi connectivity index (χ1) is 5.79. The summed E-state index contributed by atoms with van der Waals surface area (Å²) < 4.78 is 0. The molecule has 13 heavy (non-hydrogen) atoms. The Morgan fingerprint density at radius 1 is 0.846 bits per heavy atom. The molecule has 0 spiro atoms. The molecule has 62 valence electrons. The van der Waals surface area contributed by atoms with Gasteiger partial charge in [0.2, 0.25) is 0 Å². The van der Waals surface area contributed by atoms with Gasteiger partial charge in [0.15, 0.2) is 0 Å². The van der Waals surface area contributed by atoms with Gasteiger partial charge < -0.3 is 0 Å². The van der Waals surface area contributed by atoms with E-state index in [0.717, 1.165) is 0 Å². The number of fused-ring (bicyclic) bond motifs is 1. The van der Waals surface area contributed by atoms with E-state index in [4.69, 9.17) is 0 Å². The van der Waals surface area contributed by atoms with E-state index in [1.165, 1.54) is 21.9 Å². The van der Waals surface area contributed by atoms with E-state index in [2.05, 4.69) is 50.2 Å². The SMILES string of the molecule is Cc1ccc2ccccc2c1C.[NaH]. The summed E-state index contributed by atoms with van der Waals surface area (Å²) in [4.78, 5) is 0. The first-order valence-electron chi connectivity index (χ1n) is 4.24. The molecular formula is C12H13Na. The molecule has 0 amide bonds. The molecule has 2 aromatic rings. The Labute approximate surface area is 101 Å². The van der Waals surface area contributed by atoms with Crippen LogP contribution in [0.3, 0.4) is 0 Å². The van der Waals surface area contributed by atoms with E-state index in [1.807, 2.05) is 0 Å². The van der Waals surface area contributed by atoms with Gasteiger partial charge in [0.1, 0.15) is 0 Å². The van der Waals surface area contributed by atoms with Gasteiger partial charge in [-0.3, -0.25) is 0 Å². The molecular weight excluding hydrogens is 167 g/mol. The van der Waals surface area contributed by atoms with Crippen molar-refractivity contribution in [3.05, 3.63) is 47.5 Å². The monoisotopic (exact) mass is 180 g/mol. The second kappa shape index (κ2) is 4.28. The standard InChI is InChI=1S/C12H12.Na.H/c1-9-7-8-11-5-3-4-6-12(11)10(9)2;;/h3-8H,1-2H3;;. The third-order valence-electron chi connectivity index (χ3n) is 2.47. The molecule has 2 aromatic carbocycles. The van der Waals surface area contributed by atoms with Gasteiger partial charge in [0, 0.05) is 0 Å². The Morgan fingerprint density at radius 3 is 2.31 bits per heavy atom. The Balaban J connectivity index is 0.000000845. The van der Waals surface area contributed by atoms with E-state index >= 15 is 0 Å². The molecule has 0 heterocycles. The van der Waals surface area contributed by atoms with Crippen molar-refractivity contribution < 1.29 is 0 Å². The predicted octanol–water partition coefficient (Wildman–Crippen LogP) is 2.81. The van der Waals surface area contributed by atoms with E-state index in [-0.39, 0.29) is 29.6 Å². The van der Waals surface area contributed by atoms with Crippen LogP contribution < -0.4 is 0 Å². The molecule has 0 atom stereocenters. The minimum atomic E-state index is 0. The maximum absolute atomic E-state index is 2.18. The van der Waals surface area contributed by atoms with Crippen LogP contribution in [0.2, 0.25) is 0 Å². The van der Waals surface area contributed by atoms with Gasteiger partial charge in [-0.1, -0.05) is 36.4 Å². The van der Waals surface area contributed by atoms with Gasteiger partial charge >= 0.3 is 29.6 Å². The van der Waals surface area contributed by atoms with Crippen molar-refractivity contribution in [2.75, 3.05) is 0 Å². The molecule has 0 aromatic heterocycles. The molecule has 0 aliphatic carbocycles. The van der Waals surface area contributed by atoms with Crippen molar-refractivity contribution in [2.24, 2.45) is 0 Å². The molecule has 0 saturated heterocycles. The summed E-state index contributed by atoms with van der Waals surface area (Å²) in [5.74, 6) is 0. The predicted molar refractivity (Wildman–Crippen MR) is 60.6 cm³/mol. The number of hydrogen-bond donors (Lipinski definition) is 0. The second-order valence-corrected chi connectivity index (χ2v) is 3.23. The summed E-state index contributed by atoms with van der Waals surface area (Å²) in [5.41, 5.74) is 2.77. The van der Waals surface area contributed by atoms with Crippen LogP contribution in [-0.4, -0.2) is 29.6 Å². The molecule has 0 saturated carbocycles. The van der Waals surface area contributed by atoms with Crippen LogP contribution in [0, 0.1) is 13.8 Å². The Bertz CT molecular complexity index is 418.